The fourth-order valence-corrected chi connectivity index (χ4v) is 2.91. The van der Waals surface area contributed by atoms with Gasteiger partial charge in [0.05, 0.1) is 6.26 Å². The molecular formula is C16H22N2O. The Bertz CT molecular complexity index is 539. The molecule has 3 rings (SSSR count). The molecule has 0 saturated carbocycles. The predicted molar refractivity (Wildman–Crippen MR) is 77.9 cm³/mol. The van der Waals surface area contributed by atoms with Crippen LogP contribution in [-0.4, -0.2) is 18.0 Å². The van der Waals surface area contributed by atoms with Crippen molar-refractivity contribution in [3.63, 3.8) is 0 Å². The maximum atomic E-state index is 5.72. The number of fused-ring (bicyclic) bond motifs is 1. The molecule has 3 heteroatoms. The molecule has 1 saturated heterocycles. The van der Waals surface area contributed by atoms with Gasteiger partial charge >= 0.3 is 0 Å². The summed E-state index contributed by atoms with van der Waals surface area (Å²) in [7, 11) is 0. The summed E-state index contributed by atoms with van der Waals surface area (Å²) >= 11 is 0. The zero-order valence-electron chi connectivity index (χ0n) is 11.4. The standard InChI is InChI=1S/C16H22N2O/c17-10-13-5-6-16-15(9-13)14(12-19-16)11-18-7-3-1-2-4-8-18/h5-6,9,12H,1-4,7-8,10-11,17H2. The molecule has 0 atom stereocenters. The Hall–Kier alpha value is -1.32. The van der Waals surface area contributed by atoms with Crippen molar-refractivity contribution in [3.05, 3.63) is 35.6 Å². The van der Waals surface area contributed by atoms with Gasteiger partial charge in [-0.05, 0) is 43.6 Å². The van der Waals surface area contributed by atoms with Gasteiger partial charge in [-0.25, -0.2) is 0 Å². The van der Waals surface area contributed by atoms with Crippen molar-refractivity contribution in [2.75, 3.05) is 13.1 Å². The van der Waals surface area contributed by atoms with Crippen molar-refractivity contribution in [2.45, 2.75) is 38.8 Å². The number of hydrogen-bond donors (Lipinski definition) is 1. The predicted octanol–water partition coefficient (Wildman–Crippen LogP) is 3.27. The Labute approximate surface area is 114 Å². The number of nitrogens with zero attached hydrogens (tertiary/aromatic N) is 1. The van der Waals surface area contributed by atoms with Gasteiger partial charge in [-0.15, -0.1) is 0 Å². The molecule has 0 radical (unpaired) electrons. The van der Waals surface area contributed by atoms with Crippen LogP contribution >= 0.6 is 0 Å². The van der Waals surface area contributed by atoms with E-state index in [4.69, 9.17) is 10.2 Å². The Morgan fingerprint density at radius 3 is 2.63 bits per heavy atom. The lowest BCUT2D eigenvalue weighted by Crippen LogP contribution is -2.23. The van der Waals surface area contributed by atoms with Crippen molar-refractivity contribution in [1.82, 2.24) is 4.90 Å². The van der Waals surface area contributed by atoms with E-state index in [0.29, 0.717) is 6.54 Å². The number of benzene rings is 1. The molecule has 3 nitrogen and oxygen atoms in total. The van der Waals surface area contributed by atoms with Crippen molar-refractivity contribution in [3.8, 4) is 0 Å². The number of likely N-dealkylation sites (tertiary alicyclic amines) is 1. The highest BCUT2D eigenvalue weighted by molar-refractivity contribution is 5.81. The molecule has 0 aliphatic carbocycles. The van der Waals surface area contributed by atoms with E-state index in [2.05, 4.69) is 11.0 Å². The maximum Gasteiger partial charge on any atom is 0.134 e. The van der Waals surface area contributed by atoms with E-state index in [0.717, 1.165) is 12.1 Å². The minimum atomic E-state index is 0.588. The zero-order valence-corrected chi connectivity index (χ0v) is 11.4. The van der Waals surface area contributed by atoms with Crippen molar-refractivity contribution in [2.24, 2.45) is 5.73 Å². The van der Waals surface area contributed by atoms with Gasteiger partial charge in [-0.1, -0.05) is 18.9 Å². The molecule has 0 amide bonds. The fourth-order valence-electron chi connectivity index (χ4n) is 2.91. The van der Waals surface area contributed by atoms with Crippen LogP contribution in [-0.2, 0) is 13.1 Å². The van der Waals surface area contributed by atoms with Crippen molar-refractivity contribution in [1.29, 1.82) is 0 Å². The summed E-state index contributed by atoms with van der Waals surface area (Å²) < 4.78 is 5.65. The van der Waals surface area contributed by atoms with Gasteiger partial charge in [0.2, 0.25) is 0 Å². The first-order valence-corrected chi connectivity index (χ1v) is 7.28. The highest BCUT2D eigenvalue weighted by Gasteiger charge is 2.13. The molecule has 1 aliphatic heterocycles. The summed E-state index contributed by atoms with van der Waals surface area (Å²) in [6.45, 7) is 4.01. The molecule has 2 aromatic rings. The van der Waals surface area contributed by atoms with Crippen LogP contribution in [0, 0.1) is 0 Å². The monoisotopic (exact) mass is 258 g/mol. The zero-order chi connectivity index (χ0) is 13.1. The minimum Gasteiger partial charge on any atom is -0.464 e. The van der Waals surface area contributed by atoms with Crippen molar-refractivity contribution >= 4 is 11.0 Å². The molecule has 102 valence electrons. The van der Waals surface area contributed by atoms with Crippen LogP contribution < -0.4 is 5.73 Å². The Balaban J connectivity index is 1.83. The van der Waals surface area contributed by atoms with Gasteiger partial charge in [0, 0.05) is 24.0 Å². The lowest BCUT2D eigenvalue weighted by molar-refractivity contribution is 0.277. The van der Waals surface area contributed by atoms with E-state index in [9.17, 15) is 0 Å². The highest BCUT2D eigenvalue weighted by Crippen LogP contribution is 2.24. The van der Waals surface area contributed by atoms with Crippen LogP contribution in [0.2, 0.25) is 0 Å². The Kier molecular flexibility index (Phi) is 3.85. The van der Waals surface area contributed by atoms with E-state index in [1.165, 1.54) is 55.3 Å². The van der Waals surface area contributed by atoms with Crippen LogP contribution in [0.15, 0.2) is 28.9 Å². The summed E-state index contributed by atoms with van der Waals surface area (Å²) in [5.74, 6) is 0. The van der Waals surface area contributed by atoms with Crippen LogP contribution in [0.3, 0.4) is 0 Å². The average molecular weight is 258 g/mol. The van der Waals surface area contributed by atoms with Gasteiger partial charge in [0.15, 0.2) is 0 Å². The number of rotatable bonds is 3. The molecule has 0 spiro atoms. The van der Waals surface area contributed by atoms with E-state index in [1.54, 1.807) is 0 Å². The Morgan fingerprint density at radius 1 is 1.11 bits per heavy atom. The number of nitrogens with two attached hydrogens (primary N) is 1. The molecule has 1 aromatic heterocycles. The number of hydrogen-bond acceptors (Lipinski definition) is 3. The van der Waals surface area contributed by atoms with Crippen LogP contribution in [0.25, 0.3) is 11.0 Å². The molecule has 2 heterocycles. The largest absolute Gasteiger partial charge is 0.464 e. The number of furan rings is 1. The summed E-state index contributed by atoms with van der Waals surface area (Å²) in [5.41, 5.74) is 9.17. The highest BCUT2D eigenvalue weighted by atomic mass is 16.3. The first-order valence-electron chi connectivity index (χ1n) is 7.28. The molecule has 1 fully saturated rings. The Morgan fingerprint density at radius 2 is 1.89 bits per heavy atom. The molecule has 2 N–H and O–H groups in total. The third-order valence-corrected chi connectivity index (χ3v) is 4.05. The lowest BCUT2D eigenvalue weighted by Gasteiger charge is -2.18. The van der Waals surface area contributed by atoms with Crippen LogP contribution in [0.5, 0.6) is 0 Å². The van der Waals surface area contributed by atoms with Crippen molar-refractivity contribution < 1.29 is 4.42 Å². The van der Waals surface area contributed by atoms with Crippen LogP contribution in [0.1, 0.15) is 36.8 Å². The third kappa shape index (κ3) is 2.82. The van der Waals surface area contributed by atoms with Gasteiger partial charge < -0.3 is 10.2 Å². The van der Waals surface area contributed by atoms with Gasteiger partial charge in [-0.3, -0.25) is 4.90 Å². The maximum absolute atomic E-state index is 5.72. The second-order valence-electron chi connectivity index (χ2n) is 5.49. The summed E-state index contributed by atoms with van der Waals surface area (Å²) in [4.78, 5) is 2.55. The first kappa shape index (κ1) is 12.7. The second-order valence-corrected chi connectivity index (χ2v) is 5.49. The fraction of sp³-hybridized carbons (Fsp3) is 0.500. The van der Waals surface area contributed by atoms with Gasteiger partial charge in [0.1, 0.15) is 5.58 Å². The van der Waals surface area contributed by atoms with Gasteiger partial charge in [-0.2, -0.15) is 0 Å². The van der Waals surface area contributed by atoms with E-state index in [1.807, 2.05) is 18.4 Å². The second kappa shape index (κ2) is 5.76. The normalized spacial score (nSPS) is 17.7. The summed E-state index contributed by atoms with van der Waals surface area (Å²) in [6.07, 6.45) is 7.31. The van der Waals surface area contributed by atoms with Crippen LogP contribution in [0.4, 0.5) is 0 Å². The SMILES string of the molecule is NCc1ccc2occ(CN3CCCCCC3)c2c1. The molecule has 0 bridgehead atoms. The quantitative estimate of drug-likeness (QED) is 0.918. The van der Waals surface area contributed by atoms with Gasteiger partial charge in [0.25, 0.3) is 0 Å². The summed E-state index contributed by atoms with van der Waals surface area (Å²) in [5, 5.41) is 1.23. The van der Waals surface area contributed by atoms with E-state index in [-0.39, 0.29) is 0 Å². The summed E-state index contributed by atoms with van der Waals surface area (Å²) in [6, 6.07) is 6.25. The lowest BCUT2D eigenvalue weighted by atomic mass is 10.1. The molecule has 0 unspecified atom stereocenters. The van der Waals surface area contributed by atoms with E-state index < -0.39 is 0 Å². The molecular weight excluding hydrogens is 236 g/mol. The van der Waals surface area contributed by atoms with E-state index >= 15 is 0 Å². The molecule has 19 heavy (non-hydrogen) atoms. The average Bonchev–Trinajstić information content (AvgIpc) is 2.66. The first-order chi connectivity index (χ1) is 9.36. The molecule has 1 aliphatic rings. The third-order valence-electron chi connectivity index (χ3n) is 4.05. The topological polar surface area (TPSA) is 42.4 Å². The minimum absolute atomic E-state index is 0.588. The molecule has 1 aromatic carbocycles. The smallest absolute Gasteiger partial charge is 0.134 e.